The van der Waals surface area contributed by atoms with Gasteiger partial charge in [-0.15, -0.1) is 11.3 Å². The fourth-order valence-electron chi connectivity index (χ4n) is 2.96. The molecule has 156 valence electrons. The molecule has 0 radical (unpaired) electrons. The van der Waals surface area contributed by atoms with E-state index in [-0.39, 0.29) is 10.8 Å². The lowest BCUT2D eigenvalue weighted by Crippen LogP contribution is -2.31. The molecule has 2 heterocycles. The van der Waals surface area contributed by atoms with Gasteiger partial charge in [-0.2, -0.15) is 13.2 Å². The first kappa shape index (κ1) is 21.1. The first-order chi connectivity index (χ1) is 13.5. The lowest BCUT2D eigenvalue weighted by Gasteiger charge is -2.23. The number of hydrogen-bond acceptors (Lipinski definition) is 5. The van der Waals surface area contributed by atoms with Crippen LogP contribution in [0.4, 0.5) is 23.9 Å². The minimum atomic E-state index is -5.21. The highest BCUT2D eigenvalue weighted by Gasteiger charge is 2.40. The molecule has 0 bridgehead atoms. The number of nitrogens with two attached hydrogens (primary N) is 1. The average molecular weight is 447 g/mol. The van der Waals surface area contributed by atoms with E-state index in [0.29, 0.717) is 29.9 Å². The van der Waals surface area contributed by atoms with Gasteiger partial charge in [0, 0.05) is 6.54 Å². The number of alkyl halides is 3. The van der Waals surface area contributed by atoms with Crippen molar-refractivity contribution in [2.24, 2.45) is 5.73 Å². The SMILES string of the molecule is NC(=O)c1cc(S(=O)(=O)N2CCCCc3ccccc32)sc1NC(=O)C(F)(F)F. The maximum absolute atomic E-state index is 13.2. The predicted octanol–water partition coefficient (Wildman–Crippen LogP) is 2.88. The molecular weight excluding hydrogens is 431 g/mol. The quantitative estimate of drug-likeness (QED) is 0.751. The second-order valence-electron chi connectivity index (χ2n) is 6.29. The number of primary amides is 1. The van der Waals surface area contributed by atoms with Crippen LogP contribution in [0.25, 0.3) is 0 Å². The molecule has 1 aromatic carbocycles. The number of benzene rings is 1. The molecule has 1 aliphatic heterocycles. The fourth-order valence-corrected chi connectivity index (χ4v) is 5.98. The van der Waals surface area contributed by atoms with Crippen LogP contribution in [-0.2, 0) is 21.2 Å². The van der Waals surface area contributed by atoms with Gasteiger partial charge in [-0.05, 0) is 37.0 Å². The second-order valence-corrected chi connectivity index (χ2v) is 9.43. The molecule has 0 saturated heterocycles. The molecule has 0 unspecified atom stereocenters. The summed E-state index contributed by atoms with van der Waals surface area (Å²) < 4.78 is 64.9. The van der Waals surface area contributed by atoms with Gasteiger partial charge < -0.3 is 11.1 Å². The Morgan fingerprint density at radius 1 is 1.17 bits per heavy atom. The highest BCUT2D eigenvalue weighted by Crippen LogP contribution is 2.37. The van der Waals surface area contributed by atoms with Gasteiger partial charge in [0.05, 0.1) is 11.3 Å². The molecule has 29 heavy (non-hydrogen) atoms. The molecule has 0 atom stereocenters. The number of nitrogens with zero attached hydrogens (tertiary/aromatic N) is 1. The topological polar surface area (TPSA) is 110 Å². The standard InChI is InChI=1S/C17H16F3N3O4S2/c18-17(19,20)16(25)22-15-11(14(21)24)9-13(28-15)29(26,27)23-8-4-3-6-10-5-1-2-7-12(10)23/h1-2,5,7,9H,3-4,6,8H2,(H2,21,24)(H,22,25). The van der Waals surface area contributed by atoms with Crippen LogP contribution in [0.15, 0.2) is 34.5 Å². The Bertz CT molecular complexity index is 1060. The third kappa shape index (κ3) is 4.22. The molecule has 2 amide bonds. The minimum absolute atomic E-state index is 0.174. The zero-order valence-electron chi connectivity index (χ0n) is 14.8. The van der Waals surface area contributed by atoms with E-state index in [2.05, 4.69) is 0 Å². The van der Waals surface area contributed by atoms with Gasteiger partial charge in [0.25, 0.3) is 15.9 Å². The van der Waals surface area contributed by atoms with Crippen molar-refractivity contribution < 1.29 is 31.2 Å². The number of halogens is 3. The average Bonchev–Trinajstić information content (AvgIpc) is 2.94. The zero-order valence-corrected chi connectivity index (χ0v) is 16.5. The Morgan fingerprint density at radius 3 is 2.52 bits per heavy atom. The molecule has 1 aromatic heterocycles. The van der Waals surface area contributed by atoms with Crippen molar-refractivity contribution >= 4 is 43.9 Å². The molecule has 0 saturated carbocycles. The number of hydrogen-bond donors (Lipinski definition) is 2. The number of amides is 2. The highest BCUT2D eigenvalue weighted by atomic mass is 32.2. The van der Waals surface area contributed by atoms with Crippen molar-refractivity contribution in [3.05, 3.63) is 41.5 Å². The Morgan fingerprint density at radius 2 is 1.86 bits per heavy atom. The first-order valence-electron chi connectivity index (χ1n) is 8.44. The third-order valence-corrected chi connectivity index (χ3v) is 7.63. The number of para-hydroxylation sites is 1. The number of carbonyl (C=O) groups excluding carboxylic acids is 2. The Balaban J connectivity index is 2.05. The molecule has 3 N–H and O–H groups in total. The lowest BCUT2D eigenvalue weighted by atomic mass is 10.1. The molecule has 12 heteroatoms. The smallest absolute Gasteiger partial charge is 0.366 e. The molecule has 0 aliphatic carbocycles. The largest absolute Gasteiger partial charge is 0.471 e. The summed E-state index contributed by atoms with van der Waals surface area (Å²) in [5.41, 5.74) is 5.95. The van der Waals surface area contributed by atoms with Crippen LogP contribution in [-0.4, -0.2) is 33.0 Å². The van der Waals surface area contributed by atoms with E-state index in [1.54, 1.807) is 24.3 Å². The van der Waals surface area contributed by atoms with Crippen molar-refractivity contribution in [1.29, 1.82) is 0 Å². The van der Waals surface area contributed by atoms with Crippen molar-refractivity contribution in [3.63, 3.8) is 0 Å². The van der Waals surface area contributed by atoms with Crippen molar-refractivity contribution in [2.75, 3.05) is 16.2 Å². The van der Waals surface area contributed by atoms with Crippen LogP contribution in [0.1, 0.15) is 28.8 Å². The molecule has 7 nitrogen and oxygen atoms in total. The van der Waals surface area contributed by atoms with E-state index in [0.717, 1.165) is 18.1 Å². The predicted molar refractivity (Wildman–Crippen MR) is 101 cm³/mol. The Kier molecular flexibility index (Phi) is 5.59. The summed E-state index contributed by atoms with van der Waals surface area (Å²) in [7, 11) is -4.19. The van der Waals surface area contributed by atoms with Gasteiger partial charge in [0.15, 0.2) is 0 Å². The van der Waals surface area contributed by atoms with E-state index in [4.69, 9.17) is 5.73 Å². The number of anilines is 2. The van der Waals surface area contributed by atoms with Crippen LogP contribution in [0, 0.1) is 0 Å². The number of rotatable bonds is 4. The summed E-state index contributed by atoms with van der Waals surface area (Å²) in [6, 6.07) is 7.82. The van der Waals surface area contributed by atoms with Gasteiger partial charge in [0.2, 0.25) is 0 Å². The minimum Gasteiger partial charge on any atom is -0.366 e. The third-order valence-electron chi connectivity index (χ3n) is 4.32. The van der Waals surface area contributed by atoms with Gasteiger partial charge in [0.1, 0.15) is 9.21 Å². The van der Waals surface area contributed by atoms with Gasteiger partial charge >= 0.3 is 12.1 Å². The van der Waals surface area contributed by atoms with Crippen LogP contribution >= 0.6 is 11.3 Å². The van der Waals surface area contributed by atoms with Crippen molar-refractivity contribution in [1.82, 2.24) is 0 Å². The van der Waals surface area contributed by atoms with E-state index in [9.17, 15) is 31.2 Å². The van der Waals surface area contributed by atoms with E-state index >= 15 is 0 Å². The van der Waals surface area contributed by atoms with Crippen LogP contribution < -0.4 is 15.4 Å². The first-order valence-corrected chi connectivity index (χ1v) is 10.7. The zero-order chi connectivity index (χ0) is 21.4. The number of nitrogens with one attached hydrogen (secondary N) is 1. The highest BCUT2D eigenvalue weighted by molar-refractivity contribution is 7.94. The van der Waals surface area contributed by atoms with Crippen molar-refractivity contribution in [3.8, 4) is 0 Å². The van der Waals surface area contributed by atoms with Gasteiger partial charge in [-0.25, -0.2) is 8.42 Å². The monoisotopic (exact) mass is 447 g/mol. The molecular formula is C17H16F3N3O4S2. The van der Waals surface area contributed by atoms with Gasteiger partial charge in [-0.3, -0.25) is 13.9 Å². The number of thiophene rings is 1. The van der Waals surface area contributed by atoms with E-state index in [1.807, 2.05) is 0 Å². The molecule has 3 rings (SSSR count). The summed E-state index contributed by atoms with van der Waals surface area (Å²) in [5, 5.41) is 0.961. The summed E-state index contributed by atoms with van der Waals surface area (Å²) in [5.74, 6) is -3.48. The Hall–Kier alpha value is -2.60. The maximum Gasteiger partial charge on any atom is 0.471 e. The lowest BCUT2D eigenvalue weighted by molar-refractivity contribution is -0.167. The molecule has 0 spiro atoms. The molecule has 1 aliphatic rings. The number of aryl methyl sites for hydroxylation is 1. The summed E-state index contributed by atoms with van der Waals surface area (Å²) >= 11 is 0.352. The van der Waals surface area contributed by atoms with Crippen LogP contribution in [0.5, 0.6) is 0 Å². The summed E-state index contributed by atoms with van der Waals surface area (Å²) in [6.45, 7) is 0.174. The van der Waals surface area contributed by atoms with Crippen LogP contribution in [0.3, 0.4) is 0 Å². The van der Waals surface area contributed by atoms with Crippen molar-refractivity contribution in [2.45, 2.75) is 29.6 Å². The van der Waals surface area contributed by atoms with E-state index < -0.39 is 38.6 Å². The number of sulfonamides is 1. The van der Waals surface area contributed by atoms with E-state index in [1.165, 1.54) is 9.62 Å². The fraction of sp³-hybridized carbons (Fsp3) is 0.294. The Labute approximate surface area is 168 Å². The maximum atomic E-state index is 13.2. The number of fused-ring (bicyclic) bond motifs is 1. The number of carbonyl (C=O) groups is 2. The van der Waals surface area contributed by atoms with Gasteiger partial charge in [-0.1, -0.05) is 18.2 Å². The molecule has 2 aromatic rings. The van der Waals surface area contributed by atoms with Crippen LogP contribution in [0.2, 0.25) is 0 Å². The summed E-state index contributed by atoms with van der Waals surface area (Å²) in [4.78, 5) is 22.8. The second kappa shape index (κ2) is 7.67. The normalized spacial score (nSPS) is 14.8. The molecule has 0 fully saturated rings. The summed E-state index contributed by atoms with van der Waals surface area (Å²) in [6.07, 6.45) is -3.17.